The van der Waals surface area contributed by atoms with Crippen molar-refractivity contribution in [1.82, 2.24) is 5.32 Å². The van der Waals surface area contributed by atoms with E-state index in [4.69, 9.17) is 5.26 Å². The van der Waals surface area contributed by atoms with Crippen LogP contribution in [-0.4, -0.2) is 12.6 Å². The second-order valence-corrected chi connectivity index (χ2v) is 6.36. The summed E-state index contributed by atoms with van der Waals surface area (Å²) in [4.78, 5) is 0. The van der Waals surface area contributed by atoms with E-state index in [9.17, 15) is 0 Å². The van der Waals surface area contributed by atoms with Crippen molar-refractivity contribution >= 4 is 0 Å². The quantitative estimate of drug-likeness (QED) is 0.581. The number of hydrogen-bond donors (Lipinski definition) is 1. The number of nitrogens with zero attached hydrogens (tertiary/aromatic N) is 1. The van der Waals surface area contributed by atoms with Crippen LogP contribution in [0.25, 0.3) is 0 Å². The minimum absolute atomic E-state index is 0.153. The van der Waals surface area contributed by atoms with Gasteiger partial charge in [0.25, 0.3) is 0 Å². The summed E-state index contributed by atoms with van der Waals surface area (Å²) in [6.07, 6.45) is 8.95. The Kier molecular flexibility index (Phi) is 5.98. The largest absolute Gasteiger partial charge is 0.314 e. The molecule has 0 aromatic rings. The van der Waals surface area contributed by atoms with Gasteiger partial charge in [-0.05, 0) is 58.4 Å². The third-order valence-electron chi connectivity index (χ3n) is 3.97. The summed E-state index contributed by atoms with van der Waals surface area (Å²) < 4.78 is 0. The highest BCUT2D eigenvalue weighted by atomic mass is 14.9. The van der Waals surface area contributed by atoms with Crippen LogP contribution in [0.1, 0.15) is 65.7 Å². The Labute approximate surface area is 107 Å². The van der Waals surface area contributed by atoms with Crippen molar-refractivity contribution in [3.63, 3.8) is 0 Å². The Hall–Kier alpha value is -0.550. The van der Waals surface area contributed by atoms with Crippen LogP contribution in [0.15, 0.2) is 0 Å². The molecule has 0 aromatic carbocycles. The minimum atomic E-state index is -0.153. The predicted octanol–water partition coefficient (Wildman–Crippen LogP) is 3.87. The highest BCUT2D eigenvalue weighted by Gasteiger charge is 2.17. The molecule has 98 valence electrons. The summed E-state index contributed by atoms with van der Waals surface area (Å²) in [6, 6.07) is 3.09. The molecule has 0 amide bonds. The molecule has 0 aliphatic heterocycles. The van der Waals surface area contributed by atoms with Gasteiger partial charge in [0.2, 0.25) is 0 Å². The highest BCUT2D eigenvalue weighted by molar-refractivity contribution is 4.91. The average Bonchev–Trinajstić information content (AvgIpc) is 2.50. The molecule has 17 heavy (non-hydrogen) atoms. The summed E-state index contributed by atoms with van der Waals surface area (Å²) >= 11 is 0. The molecule has 0 bridgehead atoms. The van der Waals surface area contributed by atoms with Crippen molar-refractivity contribution < 1.29 is 0 Å². The summed E-state index contributed by atoms with van der Waals surface area (Å²) in [7, 11) is 0. The number of nitrogens with one attached hydrogen (secondary N) is 1. The fourth-order valence-corrected chi connectivity index (χ4v) is 2.58. The van der Waals surface area contributed by atoms with Crippen LogP contribution in [0.2, 0.25) is 0 Å². The van der Waals surface area contributed by atoms with Crippen molar-refractivity contribution in [2.24, 2.45) is 11.3 Å². The van der Waals surface area contributed by atoms with Crippen molar-refractivity contribution in [3.8, 4) is 6.07 Å². The molecule has 2 heteroatoms. The molecule has 2 unspecified atom stereocenters. The molecule has 0 saturated heterocycles. The molecule has 1 fully saturated rings. The monoisotopic (exact) mass is 236 g/mol. The van der Waals surface area contributed by atoms with Gasteiger partial charge in [0.05, 0.1) is 11.5 Å². The first-order chi connectivity index (χ1) is 8.03. The molecule has 1 aliphatic rings. The van der Waals surface area contributed by atoms with Gasteiger partial charge in [0.1, 0.15) is 0 Å². The molecule has 1 rings (SSSR count). The third-order valence-corrected chi connectivity index (χ3v) is 3.97. The SMILES string of the molecule is CC1CCCC(NCCCC(C)(C)C#N)CC1. The molecule has 0 radical (unpaired) electrons. The Morgan fingerprint density at radius 1 is 1.24 bits per heavy atom. The standard InChI is InChI=1S/C15H28N2/c1-13-6-4-7-14(9-8-13)17-11-5-10-15(2,3)12-16/h13-14,17H,4-11H2,1-3H3. The molecule has 0 heterocycles. The molecular weight excluding hydrogens is 208 g/mol. The fraction of sp³-hybridized carbons (Fsp3) is 0.933. The first kappa shape index (κ1) is 14.5. The summed E-state index contributed by atoms with van der Waals surface area (Å²) in [5.41, 5.74) is -0.153. The average molecular weight is 236 g/mol. The topological polar surface area (TPSA) is 35.8 Å². The van der Waals surface area contributed by atoms with Gasteiger partial charge in [0.15, 0.2) is 0 Å². The predicted molar refractivity (Wildman–Crippen MR) is 72.7 cm³/mol. The first-order valence-electron chi connectivity index (χ1n) is 7.18. The lowest BCUT2D eigenvalue weighted by Crippen LogP contribution is -2.30. The lowest BCUT2D eigenvalue weighted by molar-refractivity contribution is 0.396. The third kappa shape index (κ3) is 6.07. The van der Waals surface area contributed by atoms with E-state index < -0.39 is 0 Å². The second kappa shape index (κ2) is 7.01. The van der Waals surface area contributed by atoms with Gasteiger partial charge < -0.3 is 5.32 Å². The van der Waals surface area contributed by atoms with Crippen LogP contribution in [-0.2, 0) is 0 Å². The Balaban J connectivity index is 2.12. The zero-order chi connectivity index (χ0) is 12.7. The molecule has 2 atom stereocenters. The summed E-state index contributed by atoms with van der Waals surface area (Å²) in [5, 5.41) is 12.6. The van der Waals surface area contributed by atoms with Gasteiger partial charge in [-0.1, -0.05) is 19.8 Å². The van der Waals surface area contributed by atoms with Gasteiger partial charge >= 0.3 is 0 Å². The Morgan fingerprint density at radius 2 is 2.00 bits per heavy atom. The molecular formula is C15H28N2. The van der Waals surface area contributed by atoms with Gasteiger partial charge in [-0.15, -0.1) is 0 Å². The van der Waals surface area contributed by atoms with Crippen LogP contribution < -0.4 is 5.32 Å². The van der Waals surface area contributed by atoms with Gasteiger partial charge in [-0.2, -0.15) is 5.26 Å². The highest BCUT2D eigenvalue weighted by Crippen LogP contribution is 2.23. The second-order valence-electron chi connectivity index (χ2n) is 6.36. The summed E-state index contributed by atoms with van der Waals surface area (Å²) in [6.45, 7) is 7.50. The van der Waals surface area contributed by atoms with E-state index in [0.29, 0.717) is 0 Å². The van der Waals surface area contributed by atoms with Gasteiger partial charge in [-0.25, -0.2) is 0 Å². The zero-order valence-corrected chi connectivity index (χ0v) is 11.8. The van der Waals surface area contributed by atoms with Crippen LogP contribution in [0.3, 0.4) is 0 Å². The van der Waals surface area contributed by atoms with Crippen molar-refractivity contribution in [2.75, 3.05) is 6.54 Å². The van der Waals surface area contributed by atoms with E-state index in [1.54, 1.807) is 0 Å². The summed E-state index contributed by atoms with van der Waals surface area (Å²) in [5.74, 6) is 0.916. The fourth-order valence-electron chi connectivity index (χ4n) is 2.58. The van der Waals surface area contributed by atoms with Crippen molar-refractivity contribution in [2.45, 2.75) is 71.8 Å². The molecule has 1 saturated carbocycles. The van der Waals surface area contributed by atoms with Crippen molar-refractivity contribution in [3.05, 3.63) is 0 Å². The van der Waals surface area contributed by atoms with Crippen LogP contribution >= 0.6 is 0 Å². The first-order valence-corrected chi connectivity index (χ1v) is 7.18. The van der Waals surface area contributed by atoms with E-state index in [0.717, 1.165) is 31.3 Å². The zero-order valence-electron chi connectivity index (χ0n) is 11.8. The molecule has 1 N–H and O–H groups in total. The molecule has 2 nitrogen and oxygen atoms in total. The van der Waals surface area contributed by atoms with Gasteiger partial charge in [0, 0.05) is 6.04 Å². The number of rotatable bonds is 5. The molecule has 1 aliphatic carbocycles. The van der Waals surface area contributed by atoms with E-state index in [1.807, 2.05) is 13.8 Å². The smallest absolute Gasteiger partial charge is 0.0683 e. The van der Waals surface area contributed by atoms with E-state index in [-0.39, 0.29) is 5.41 Å². The number of nitriles is 1. The maximum atomic E-state index is 8.94. The molecule has 0 spiro atoms. The van der Waals surface area contributed by atoms with E-state index in [1.165, 1.54) is 32.1 Å². The maximum Gasteiger partial charge on any atom is 0.0683 e. The van der Waals surface area contributed by atoms with Crippen molar-refractivity contribution in [1.29, 1.82) is 5.26 Å². The van der Waals surface area contributed by atoms with E-state index >= 15 is 0 Å². The lowest BCUT2D eigenvalue weighted by atomic mass is 9.90. The van der Waals surface area contributed by atoms with Crippen LogP contribution in [0.4, 0.5) is 0 Å². The molecule has 0 aromatic heterocycles. The normalized spacial score (nSPS) is 26.2. The van der Waals surface area contributed by atoms with Crippen LogP contribution in [0, 0.1) is 22.7 Å². The van der Waals surface area contributed by atoms with Gasteiger partial charge in [-0.3, -0.25) is 0 Å². The minimum Gasteiger partial charge on any atom is -0.314 e. The lowest BCUT2D eigenvalue weighted by Gasteiger charge is -2.18. The Morgan fingerprint density at radius 3 is 2.71 bits per heavy atom. The van der Waals surface area contributed by atoms with Crippen LogP contribution in [0.5, 0.6) is 0 Å². The number of hydrogen-bond acceptors (Lipinski definition) is 2. The maximum absolute atomic E-state index is 8.94. The Bertz CT molecular complexity index is 252. The van der Waals surface area contributed by atoms with E-state index in [2.05, 4.69) is 18.3 Å².